The summed E-state index contributed by atoms with van der Waals surface area (Å²) in [6.45, 7) is -0.584. The molecule has 0 aliphatic rings. The Bertz CT molecular complexity index is 438. The van der Waals surface area contributed by atoms with Gasteiger partial charge < -0.3 is 10.2 Å². The van der Waals surface area contributed by atoms with Crippen molar-refractivity contribution < 1.29 is 36.6 Å². The van der Waals surface area contributed by atoms with E-state index in [0.717, 1.165) is 0 Å². The second kappa shape index (κ2) is 5.38. The Labute approximate surface area is 104 Å². The first-order valence-electron chi connectivity index (χ1n) is 5.14. The van der Waals surface area contributed by atoms with Crippen molar-refractivity contribution in [3.8, 4) is 0 Å². The van der Waals surface area contributed by atoms with Crippen LogP contribution in [-0.4, -0.2) is 16.8 Å². The summed E-state index contributed by atoms with van der Waals surface area (Å²) >= 11 is 0. The van der Waals surface area contributed by atoms with Crippen molar-refractivity contribution in [2.75, 3.05) is 6.61 Å². The lowest BCUT2D eigenvalue weighted by atomic mass is 9.97. The van der Waals surface area contributed by atoms with Gasteiger partial charge in [0.25, 0.3) is 0 Å². The fourth-order valence-corrected chi connectivity index (χ4v) is 1.55. The Balaban J connectivity index is 3.33. The maximum absolute atomic E-state index is 12.7. The molecule has 0 fully saturated rings. The molecule has 19 heavy (non-hydrogen) atoms. The lowest BCUT2D eigenvalue weighted by Crippen LogP contribution is -2.15. The van der Waals surface area contributed by atoms with Crippen LogP contribution in [0.4, 0.5) is 26.3 Å². The monoisotopic (exact) mass is 288 g/mol. The quantitative estimate of drug-likeness (QED) is 0.839. The van der Waals surface area contributed by atoms with Gasteiger partial charge in [-0.2, -0.15) is 26.3 Å². The fraction of sp³-hybridized carbons (Fsp3) is 0.455. The third-order valence-electron chi connectivity index (χ3n) is 2.45. The molecule has 1 unspecified atom stereocenters. The second-order valence-electron chi connectivity index (χ2n) is 3.83. The lowest BCUT2D eigenvalue weighted by Gasteiger charge is -2.19. The van der Waals surface area contributed by atoms with E-state index in [0.29, 0.717) is 12.1 Å². The van der Waals surface area contributed by atoms with Crippen molar-refractivity contribution >= 4 is 0 Å². The first-order valence-corrected chi connectivity index (χ1v) is 5.14. The molecule has 0 aromatic heterocycles. The van der Waals surface area contributed by atoms with Crippen LogP contribution >= 0.6 is 0 Å². The highest BCUT2D eigenvalue weighted by Gasteiger charge is 2.39. The van der Waals surface area contributed by atoms with Crippen molar-refractivity contribution in [2.45, 2.75) is 24.9 Å². The van der Waals surface area contributed by atoms with Gasteiger partial charge in [0.05, 0.1) is 17.2 Å². The van der Waals surface area contributed by atoms with Crippen molar-refractivity contribution in [1.82, 2.24) is 0 Å². The van der Waals surface area contributed by atoms with Gasteiger partial charge >= 0.3 is 12.4 Å². The minimum Gasteiger partial charge on any atom is -0.396 e. The number of aliphatic hydroxyl groups is 2. The Hall–Kier alpha value is -1.28. The van der Waals surface area contributed by atoms with Crippen molar-refractivity contribution in [3.63, 3.8) is 0 Å². The number of hydrogen-bond donors (Lipinski definition) is 2. The summed E-state index contributed by atoms with van der Waals surface area (Å²) in [5, 5.41) is 18.0. The summed E-state index contributed by atoms with van der Waals surface area (Å²) < 4.78 is 75.1. The zero-order valence-corrected chi connectivity index (χ0v) is 9.39. The van der Waals surface area contributed by atoms with E-state index < -0.39 is 48.2 Å². The van der Waals surface area contributed by atoms with E-state index in [1.165, 1.54) is 0 Å². The number of aliphatic hydroxyl groups excluding tert-OH is 2. The highest BCUT2D eigenvalue weighted by Crippen LogP contribution is 2.39. The van der Waals surface area contributed by atoms with Gasteiger partial charge in [-0.1, -0.05) is 6.07 Å². The molecule has 0 saturated carbocycles. The molecule has 2 nitrogen and oxygen atoms in total. The van der Waals surface area contributed by atoms with Gasteiger partial charge in [0.1, 0.15) is 0 Å². The number of hydrogen-bond acceptors (Lipinski definition) is 2. The second-order valence-corrected chi connectivity index (χ2v) is 3.83. The lowest BCUT2D eigenvalue weighted by molar-refractivity contribution is -0.144. The Morgan fingerprint density at radius 3 is 2.00 bits per heavy atom. The zero-order valence-electron chi connectivity index (χ0n) is 9.39. The zero-order chi connectivity index (χ0) is 14.8. The van der Waals surface area contributed by atoms with E-state index in [9.17, 15) is 31.4 Å². The first kappa shape index (κ1) is 15.8. The number of benzene rings is 1. The van der Waals surface area contributed by atoms with Crippen LogP contribution in [0.3, 0.4) is 0 Å². The van der Waals surface area contributed by atoms with E-state index >= 15 is 0 Å². The molecule has 0 saturated heterocycles. The maximum atomic E-state index is 12.7. The van der Waals surface area contributed by atoms with Gasteiger partial charge in [-0.05, 0) is 17.7 Å². The minimum absolute atomic E-state index is 0.0457. The van der Waals surface area contributed by atoms with E-state index in [1.54, 1.807) is 0 Å². The molecule has 1 atom stereocenters. The third-order valence-corrected chi connectivity index (χ3v) is 2.45. The summed E-state index contributed by atoms with van der Waals surface area (Å²) in [7, 11) is 0. The third kappa shape index (κ3) is 3.84. The molecule has 108 valence electrons. The fourth-order valence-electron chi connectivity index (χ4n) is 1.55. The van der Waals surface area contributed by atoms with Crippen molar-refractivity contribution in [2.24, 2.45) is 0 Å². The minimum atomic E-state index is -5.02. The molecule has 0 aliphatic heterocycles. The molecule has 1 aromatic rings. The average Bonchev–Trinajstić information content (AvgIpc) is 2.26. The smallest absolute Gasteiger partial charge is 0.396 e. The van der Waals surface area contributed by atoms with Crippen LogP contribution in [-0.2, 0) is 12.4 Å². The van der Waals surface area contributed by atoms with Gasteiger partial charge in [0, 0.05) is 13.0 Å². The topological polar surface area (TPSA) is 40.5 Å². The molecule has 0 bridgehead atoms. The van der Waals surface area contributed by atoms with E-state index in [1.807, 2.05) is 0 Å². The number of rotatable bonds is 3. The summed E-state index contributed by atoms with van der Waals surface area (Å²) in [5.41, 5.74) is -3.68. The Morgan fingerprint density at radius 2 is 1.58 bits per heavy atom. The van der Waals surface area contributed by atoms with Crippen LogP contribution in [0.1, 0.15) is 29.2 Å². The van der Waals surface area contributed by atoms with Gasteiger partial charge in [0.15, 0.2) is 0 Å². The van der Waals surface area contributed by atoms with Crippen LogP contribution in [0.25, 0.3) is 0 Å². The summed E-state index contributed by atoms with van der Waals surface area (Å²) in [6.07, 6.45) is -12.0. The van der Waals surface area contributed by atoms with Crippen LogP contribution in [0.2, 0.25) is 0 Å². The largest absolute Gasteiger partial charge is 0.416 e. The summed E-state index contributed by atoms with van der Waals surface area (Å²) in [4.78, 5) is 0. The maximum Gasteiger partial charge on any atom is 0.416 e. The Kier molecular flexibility index (Phi) is 4.46. The van der Waals surface area contributed by atoms with Gasteiger partial charge in [-0.15, -0.1) is 0 Å². The van der Waals surface area contributed by atoms with E-state index in [-0.39, 0.29) is 6.07 Å². The van der Waals surface area contributed by atoms with E-state index in [4.69, 9.17) is 5.11 Å². The molecule has 0 radical (unpaired) electrons. The van der Waals surface area contributed by atoms with Gasteiger partial charge in [-0.25, -0.2) is 0 Å². The molecule has 0 aliphatic carbocycles. The molecular formula is C11H10F6O2. The number of halogens is 6. The molecule has 0 spiro atoms. The molecule has 2 N–H and O–H groups in total. The van der Waals surface area contributed by atoms with Crippen molar-refractivity contribution in [3.05, 3.63) is 34.9 Å². The first-order chi connectivity index (χ1) is 8.57. The predicted octanol–water partition coefficient (Wildman–Crippen LogP) is 3.14. The standard InChI is InChI=1S/C11H10F6O2/c12-10(13,14)6-1-2-7(9(19)3-4-18)8(5-6)11(15,16)17/h1-2,5,9,18-19H,3-4H2. The molecule has 0 heterocycles. The number of alkyl halides is 6. The molecular weight excluding hydrogens is 278 g/mol. The molecule has 1 aromatic carbocycles. The van der Waals surface area contributed by atoms with Crippen LogP contribution in [0.15, 0.2) is 18.2 Å². The highest BCUT2D eigenvalue weighted by molar-refractivity contribution is 5.36. The van der Waals surface area contributed by atoms with Gasteiger partial charge in [-0.3, -0.25) is 0 Å². The van der Waals surface area contributed by atoms with Crippen LogP contribution < -0.4 is 0 Å². The Morgan fingerprint density at radius 1 is 1.00 bits per heavy atom. The average molecular weight is 288 g/mol. The SMILES string of the molecule is OCCC(O)c1ccc(C(F)(F)F)cc1C(F)(F)F. The van der Waals surface area contributed by atoms with Crippen molar-refractivity contribution in [1.29, 1.82) is 0 Å². The normalized spacial score (nSPS) is 14.5. The van der Waals surface area contributed by atoms with Crippen LogP contribution in [0.5, 0.6) is 0 Å². The van der Waals surface area contributed by atoms with E-state index in [2.05, 4.69) is 0 Å². The van der Waals surface area contributed by atoms with Gasteiger partial charge in [0.2, 0.25) is 0 Å². The molecule has 0 amide bonds. The summed E-state index contributed by atoms with van der Waals surface area (Å²) in [5.74, 6) is 0. The van der Waals surface area contributed by atoms with Crippen LogP contribution in [0, 0.1) is 0 Å². The summed E-state index contributed by atoms with van der Waals surface area (Å²) in [6, 6.07) is 0.993. The predicted molar refractivity (Wildman–Crippen MR) is 53.1 cm³/mol. The molecule has 8 heteroatoms. The molecule has 1 rings (SSSR count). The highest BCUT2D eigenvalue weighted by atomic mass is 19.4.